The molecule has 1 heterocycles. The van der Waals surface area contributed by atoms with Crippen LogP contribution in [-0.4, -0.2) is 34.7 Å². The number of aryl methyl sites for hydroxylation is 1. The van der Waals surface area contributed by atoms with Crippen molar-refractivity contribution in [3.63, 3.8) is 0 Å². The lowest BCUT2D eigenvalue weighted by Crippen LogP contribution is -2.37. The van der Waals surface area contributed by atoms with E-state index < -0.39 is 5.97 Å². The van der Waals surface area contributed by atoms with Crippen LogP contribution in [-0.2, 0) is 16.1 Å². The van der Waals surface area contributed by atoms with Crippen molar-refractivity contribution in [2.45, 2.75) is 39.3 Å². The van der Waals surface area contributed by atoms with Crippen LogP contribution in [0.5, 0.6) is 5.75 Å². The number of rotatable bonds is 8. The Labute approximate surface area is 150 Å². The van der Waals surface area contributed by atoms with Gasteiger partial charge in [-0.05, 0) is 49.9 Å². The third-order valence-electron chi connectivity index (χ3n) is 4.08. The van der Waals surface area contributed by atoms with Crippen LogP contribution < -0.4 is 10.1 Å². The molecule has 0 radical (unpaired) electrons. The van der Waals surface area contributed by atoms with Gasteiger partial charge in [-0.2, -0.15) is 4.98 Å². The minimum absolute atomic E-state index is 0.126. The molecule has 1 unspecified atom stereocenters. The van der Waals surface area contributed by atoms with Crippen LogP contribution in [0.2, 0.25) is 0 Å². The Hall–Kier alpha value is -2.90. The van der Waals surface area contributed by atoms with Crippen molar-refractivity contribution >= 4 is 11.9 Å². The first-order valence-corrected chi connectivity index (χ1v) is 8.50. The molecule has 1 aliphatic rings. The van der Waals surface area contributed by atoms with Crippen LogP contribution in [0.3, 0.4) is 0 Å². The lowest BCUT2D eigenvalue weighted by Gasteiger charge is -2.12. The molecular formula is C18H21N3O5. The molecule has 8 nitrogen and oxygen atoms in total. The van der Waals surface area contributed by atoms with Gasteiger partial charge in [0.15, 0.2) is 13.2 Å². The maximum Gasteiger partial charge on any atom is 0.338 e. The normalized spacial score (nSPS) is 14.5. The molecular weight excluding hydrogens is 338 g/mol. The van der Waals surface area contributed by atoms with Crippen molar-refractivity contribution in [1.29, 1.82) is 0 Å². The van der Waals surface area contributed by atoms with Crippen molar-refractivity contribution in [2.24, 2.45) is 5.92 Å². The third-order valence-corrected chi connectivity index (χ3v) is 4.08. The molecule has 0 aliphatic heterocycles. The van der Waals surface area contributed by atoms with Crippen LogP contribution in [0, 0.1) is 12.8 Å². The summed E-state index contributed by atoms with van der Waals surface area (Å²) >= 11 is 0. The number of esters is 1. The van der Waals surface area contributed by atoms with Gasteiger partial charge in [0.05, 0.1) is 5.56 Å². The smallest absolute Gasteiger partial charge is 0.338 e. The third kappa shape index (κ3) is 5.05. The minimum Gasteiger partial charge on any atom is -0.485 e. The van der Waals surface area contributed by atoms with E-state index in [1.165, 1.54) is 0 Å². The van der Waals surface area contributed by atoms with E-state index in [4.69, 9.17) is 14.0 Å². The minimum atomic E-state index is -0.556. The maximum absolute atomic E-state index is 12.0. The first kappa shape index (κ1) is 17.9. The summed E-state index contributed by atoms with van der Waals surface area (Å²) in [6, 6.07) is 6.55. The highest BCUT2D eigenvalue weighted by Gasteiger charge is 2.29. The summed E-state index contributed by atoms with van der Waals surface area (Å²) < 4.78 is 15.4. The molecule has 0 saturated heterocycles. The van der Waals surface area contributed by atoms with Gasteiger partial charge in [0, 0.05) is 13.0 Å². The van der Waals surface area contributed by atoms with Crippen LogP contribution in [0.15, 0.2) is 28.8 Å². The van der Waals surface area contributed by atoms with E-state index in [2.05, 4.69) is 15.5 Å². The van der Waals surface area contributed by atoms with Crippen LogP contribution in [0.25, 0.3) is 0 Å². The van der Waals surface area contributed by atoms with Gasteiger partial charge in [0.1, 0.15) is 5.75 Å². The molecule has 1 aromatic heterocycles. The van der Waals surface area contributed by atoms with Gasteiger partial charge in [-0.25, -0.2) is 4.79 Å². The van der Waals surface area contributed by atoms with Crippen molar-refractivity contribution in [2.75, 3.05) is 6.61 Å². The Bertz CT molecular complexity index is 767. The highest BCUT2D eigenvalue weighted by molar-refractivity contribution is 5.91. The number of nitrogens with one attached hydrogen (secondary N) is 1. The summed E-state index contributed by atoms with van der Waals surface area (Å²) in [4.78, 5) is 27.8. The second-order valence-corrected chi connectivity index (χ2v) is 6.31. The number of amides is 1. The van der Waals surface area contributed by atoms with Crippen LogP contribution in [0.4, 0.5) is 0 Å². The van der Waals surface area contributed by atoms with Gasteiger partial charge in [-0.15, -0.1) is 0 Å². The summed E-state index contributed by atoms with van der Waals surface area (Å²) in [6.07, 6.45) is 2.28. The van der Waals surface area contributed by atoms with Crippen molar-refractivity contribution in [3.8, 4) is 5.75 Å². The molecule has 1 aromatic carbocycles. The fourth-order valence-electron chi connectivity index (χ4n) is 2.46. The van der Waals surface area contributed by atoms with Crippen LogP contribution >= 0.6 is 0 Å². The summed E-state index contributed by atoms with van der Waals surface area (Å²) in [5.74, 6) is 1.18. The molecule has 3 rings (SSSR count). The first-order chi connectivity index (χ1) is 12.5. The lowest BCUT2D eigenvalue weighted by atomic mass is 10.2. The summed E-state index contributed by atoms with van der Waals surface area (Å²) in [7, 11) is 0. The number of hydrogen-bond donors (Lipinski definition) is 1. The number of ether oxygens (including phenoxy) is 2. The summed E-state index contributed by atoms with van der Waals surface area (Å²) in [6.45, 7) is 3.54. The number of carbonyl (C=O) groups is 2. The van der Waals surface area contributed by atoms with Gasteiger partial charge in [-0.1, -0.05) is 5.16 Å². The number of nitrogens with zero attached hydrogens (tertiary/aromatic N) is 2. The standard InChI is InChI=1S/C18H21N3O5/c1-11(13-3-4-13)19-17(22)10-25-18(23)14-5-7-15(8-6-14)24-9-16-20-12(2)26-21-16/h5-8,11,13H,3-4,9-10H2,1-2H3,(H,19,22). The first-order valence-electron chi connectivity index (χ1n) is 8.50. The molecule has 1 N–H and O–H groups in total. The van der Waals surface area contributed by atoms with E-state index in [-0.39, 0.29) is 25.2 Å². The molecule has 2 aromatic rings. The van der Waals surface area contributed by atoms with Gasteiger partial charge in [0.2, 0.25) is 11.7 Å². The maximum atomic E-state index is 12.0. The average Bonchev–Trinajstić information content (AvgIpc) is 3.41. The van der Waals surface area contributed by atoms with Crippen molar-refractivity contribution < 1.29 is 23.6 Å². The average molecular weight is 359 g/mol. The van der Waals surface area contributed by atoms with Crippen LogP contribution in [0.1, 0.15) is 41.8 Å². The number of benzene rings is 1. The molecule has 1 saturated carbocycles. The molecule has 0 spiro atoms. The van der Waals surface area contributed by atoms with Crippen molar-refractivity contribution in [3.05, 3.63) is 41.5 Å². The monoisotopic (exact) mass is 359 g/mol. The molecule has 0 bridgehead atoms. The topological polar surface area (TPSA) is 104 Å². The Morgan fingerprint density at radius 1 is 1.31 bits per heavy atom. The largest absolute Gasteiger partial charge is 0.485 e. The SMILES string of the molecule is Cc1nc(COc2ccc(C(=O)OCC(=O)NC(C)C3CC3)cc2)no1. The van der Waals surface area contributed by atoms with E-state index >= 15 is 0 Å². The summed E-state index contributed by atoms with van der Waals surface area (Å²) in [5, 5.41) is 6.57. The molecule has 138 valence electrons. The van der Waals surface area contributed by atoms with Gasteiger partial charge >= 0.3 is 5.97 Å². The molecule has 1 atom stereocenters. The Morgan fingerprint density at radius 3 is 2.65 bits per heavy atom. The molecule has 1 amide bonds. The predicted molar refractivity (Wildman–Crippen MR) is 90.4 cm³/mol. The van der Waals surface area contributed by atoms with Gasteiger partial charge in [0.25, 0.3) is 5.91 Å². The molecule has 1 aliphatic carbocycles. The number of aromatic nitrogens is 2. The van der Waals surface area contributed by atoms with E-state index in [1.807, 2.05) is 6.92 Å². The molecule has 1 fully saturated rings. The second kappa shape index (κ2) is 7.99. The van der Waals surface area contributed by atoms with E-state index in [0.717, 1.165) is 12.8 Å². The van der Waals surface area contributed by atoms with E-state index in [0.29, 0.717) is 28.9 Å². The van der Waals surface area contributed by atoms with E-state index in [1.54, 1.807) is 31.2 Å². The fraction of sp³-hybridized carbons (Fsp3) is 0.444. The molecule has 26 heavy (non-hydrogen) atoms. The Kier molecular flexibility index (Phi) is 5.50. The fourth-order valence-corrected chi connectivity index (χ4v) is 2.46. The highest BCUT2D eigenvalue weighted by atomic mass is 16.5. The summed E-state index contributed by atoms with van der Waals surface area (Å²) in [5.41, 5.74) is 0.343. The highest BCUT2D eigenvalue weighted by Crippen LogP contribution is 2.32. The quantitative estimate of drug-likeness (QED) is 0.719. The Balaban J connectivity index is 1.43. The molecule has 8 heteroatoms. The number of hydrogen-bond acceptors (Lipinski definition) is 7. The van der Waals surface area contributed by atoms with Gasteiger partial charge in [-0.3, -0.25) is 4.79 Å². The van der Waals surface area contributed by atoms with Crippen molar-refractivity contribution in [1.82, 2.24) is 15.5 Å². The number of carbonyl (C=O) groups excluding carboxylic acids is 2. The Morgan fingerprint density at radius 2 is 2.04 bits per heavy atom. The zero-order valence-corrected chi connectivity index (χ0v) is 14.7. The van der Waals surface area contributed by atoms with E-state index in [9.17, 15) is 9.59 Å². The zero-order valence-electron chi connectivity index (χ0n) is 14.7. The predicted octanol–water partition coefficient (Wildman–Crippen LogP) is 2.03. The lowest BCUT2D eigenvalue weighted by molar-refractivity contribution is -0.124. The van der Waals surface area contributed by atoms with Gasteiger partial charge < -0.3 is 19.3 Å². The zero-order chi connectivity index (χ0) is 18.5. The second-order valence-electron chi connectivity index (χ2n) is 6.31.